The van der Waals surface area contributed by atoms with Crippen molar-refractivity contribution in [2.75, 3.05) is 6.54 Å². The average Bonchev–Trinajstić information content (AvgIpc) is 2.19. The van der Waals surface area contributed by atoms with Gasteiger partial charge in [0.25, 0.3) is 5.91 Å². The highest BCUT2D eigenvalue weighted by Gasteiger charge is 2.18. The second-order valence-corrected chi connectivity index (χ2v) is 5.34. The lowest BCUT2D eigenvalue weighted by atomic mass is 9.85. The van der Waals surface area contributed by atoms with E-state index in [1.165, 1.54) is 19.3 Å². The summed E-state index contributed by atoms with van der Waals surface area (Å²) in [5.74, 6) is 0.731. The van der Waals surface area contributed by atoms with E-state index in [2.05, 4.69) is 21.2 Å². The smallest absolute Gasteiger partial charge is 0.252 e. The Morgan fingerprint density at radius 1 is 1.50 bits per heavy atom. The van der Waals surface area contributed by atoms with Crippen molar-refractivity contribution in [1.29, 1.82) is 0 Å². The first-order valence-electron chi connectivity index (χ1n) is 5.71. The first-order valence-corrected chi connectivity index (χ1v) is 6.50. The maximum Gasteiger partial charge on any atom is 0.252 e. The largest absolute Gasteiger partial charge is 0.352 e. The molecule has 0 aromatic heterocycles. The van der Waals surface area contributed by atoms with Gasteiger partial charge in [-0.1, -0.05) is 18.1 Å². The van der Waals surface area contributed by atoms with Crippen molar-refractivity contribution >= 4 is 21.8 Å². The third-order valence-electron chi connectivity index (χ3n) is 3.14. The van der Waals surface area contributed by atoms with Gasteiger partial charge in [-0.25, -0.2) is 0 Å². The molecule has 0 unspecified atom stereocenters. The first kappa shape index (κ1) is 11.6. The van der Waals surface area contributed by atoms with Gasteiger partial charge < -0.3 is 5.32 Å². The Morgan fingerprint density at radius 3 is 2.88 bits per heavy atom. The van der Waals surface area contributed by atoms with Gasteiger partial charge in [0.2, 0.25) is 0 Å². The van der Waals surface area contributed by atoms with Crippen molar-refractivity contribution in [1.82, 2.24) is 5.32 Å². The van der Waals surface area contributed by atoms with E-state index in [0.717, 1.165) is 22.1 Å². The minimum atomic E-state index is 0.0301. The SMILES string of the molecule is Cc1ccc(Br)c(C(=O)NCC2CCC2)c1. The Bertz CT molecular complexity index is 399. The molecule has 16 heavy (non-hydrogen) atoms. The molecule has 1 N–H and O–H groups in total. The highest BCUT2D eigenvalue weighted by molar-refractivity contribution is 9.10. The van der Waals surface area contributed by atoms with Crippen LogP contribution < -0.4 is 5.32 Å². The molecule has 0 bridgehead atoms. The number of halogens is 1. The lowest BCUT2D eigenvalue weighted by molar-refractivity contribution is 0.0938. The van der Waals surface area contributed by atoms with Crippen LogP contribution in [0.15, 0.2) is 22.7 Å². The molecule has 0 atom stereocenters. The molecule has 1 aromatic rings. The number of rotatable bonds is 3. The summed E-state index contributed by atoms with van der Waals surface area (Å²) in [7, 11) is 0. The number of hydrogen-bond donors (Lipinski definition) is 1. The topological polar surface area (TPSA) is 29.1 Å². The molecule has 1 aliphatic carbocycles. The van der Waals surface area contributed by atoms with Gasteiger partial charge in [0.15, 0.2) is 0 Å². The van der Waals surface area contributed by atoms with Gasteiger partial charge in [-0.2, -0.15) is 0 Å². The molecule has 0 saturated heterocycles. The summed E-state index contributed by atoms with van der Waals surface area (Å²) in [5.41, 5.74) is 1.84. The van der Waals surface area contributed by atoms with Crippen molar-refractivity contribution in [3.8, 4) is 0 Å². The monoisotopic (exact) mass is 281 g/mol. The Labute approximate surface area is 105 Å². The molecular formula is C13H16BrNO. The minimum Gasteiger partial charge on any atom is -0.352 e. The van der Waals surface area contributed by atoms with E-state index in [4.69, 9.17) is 0 Å². The quantitative estimate of drug-likeness (QED) is 0.905. The van der Waals surface area contributed by atoms with Crippen LogP contribution in [0.5, 0.6) is 0 Å². The van der Waals surface area contributed by atoms with Gasteiger partial charge in [0, 0.05) is 11.0 Å². The zero-order chi connectivity index (χ0) is 11.5. The van der Waals surface area contributed by atoms with Crippen molar-refractivity contribution in [2.24, 2.45) is 5.92 Å². The molecule has 1 aromatic carbocycles. The number of hydrogen-bond acceptors (Lipinski definition) is 1. The molecule has 1 aliphatic rings. The van der Waals surface area contributed by atoms with Gasteiger partial charge in [0.05, 0.1) is 5.56 Å². The molecule has 1 saturated carbocycles. The third kappa shape index (κ3) is 2.64. The third-order valence-corrected chi connectivity index (χ3v) is 3.83. The summed E-state index contributed by atoms with van der Waals surface area (Å²) in [5, 5.41) is 3.00. The number of carbonyl (C=O) groups excluding carboxylic acids is 1. The number of nitrogens with one attached hydrogen (secondary N) is 1. The van der Waals surface area contributed by atoms with Crippen LogP contribution in [0.2, 0.25) is 0 Å². The second-order valence-electron chi connectivity index (χ2n) is 4.49. The maximum absolute atomic E-state index is 11.9. The maximum atomic E-state index is 11.9. The van der Waals surface area contributed by atoms with Crippen LogP contribution >= 0.6 is 15.9 Å². The van der Waals surface area contributed by atoms with E-state index in [9.17, 15) is 4.79 Å². The molecule has 2 nitrogen and oxygen atoms in total. The Kier molecular flexibility index (Phi) is 3.64. The summed E-state index contributed by atoms with van der Waals surface area (Å²) < 4.78 is 0.865. The molecule has 1 fully saturated rings. The van der Waals surface area contributed by atoms with Gasteiger partial charge in [0.1, 0.15) is 0 Å². The summed E-state index contributed by atoms with van der Waals surface area (Å²) in [6, 6.07) is 5.83. The predicted octanol–water partition coefficient (Wildman–Crippen LogP) is 3.29. The van der Waals surface area contributed by atoms with Crippen LogP contribution in [0, 0.1) is 12.8 Å². The van der Waals surface area contributed by atoms with Gasteiger partial charge in [-0.05, 0) is 53.7 Å². The summed E-state index contributed by atoms with van der Waals surface area (Å²) >= 11 is 3.41. The van der Waals surface area contributed by atoms with Crippen molar-refractivity contribution in [2.45, 2.75) is 26.2 Å². The number of carbonyl (C=O) groups is 1. The van der Waals surface area contributed by atoms with E-state index in [0.29, 0.717) is 5.92 Å². The molecule has 1 amide bonds. The number of amides is 1. The molecule has 3 heteroatoms. The van der Waals surface area contributed by atoms with E-state index in [-0.39, 0.29) is 5.91 Å². The molecule has 0 heterocycles. The van der Waals surface area contributed by atoms with Crippen LogP contribution in [-0.4, -0.2) is 12.5 Å². The second kappa shape index (κ2) is 5.00. The van der Waals surface area contributed by atoms with E-state index in [1.54, 1.807) is 0 Å². The van der Waals surface area contributed by atoms with E-state index < -0.39 is 0 Å². The summed E-state index contributed by atoms with van der Waals surface area (Å²) in [6.45, 7) is 2.81. The van der Waals surface area contributed by atoms with Crippen LogP contribution in [-0.2, 0) is 0 Å². The van der Waals surface area contributed by atoms with Crippen LogP contribution in [0.1, 0.15) is 35.2 Å². The predicted molar refractivity (Wildman–Crippen MR) is 68.6 cm³/mol. The first-order chi connectivity index (χ1) is 7.66. The fraction of sp³-hybridized carbons (Fsp3) is 0.462. The molecular weight excluding hydrogens is 266 g/mol. The van der Waals surface area contributed by atoms with Crippen LogP contribution in [0.3, 0.4) is 0 Å². The molecule has 86 valence electrons. The van der Waals surface area contributed by atoms with Crippen molar-refractivity contribution in [3.63, 3.8) is 0 Å². The van der Waals surface area contributed by atoms with Crippen molar-refractivity contribution < 1.29 is 4.79 Å². The van der Waals surface area contributed by atoms with Crippen molar-refractivity contribution in [3.05, 3.63) is 33.8 Å². The Balaban J connectivity index is 1.99. The Hall–Kier alpha value is -0.830. The fourth-order valence-electron chi connectivity index (χ4n) is 1.84. The zero-order valence-corrected chi connectivity index (χ0v) is 11.0. The highest BCUT2D eigenvalue weighted by atomic mass is 79.9. The summed E-state index contributed by atoms with van der Waals surface area (Å²) in [4.78, 5) is 11.9. The van der Waals surface area contributed by atoms with E-state index >= 15 is 0 Å². The lowest BCUT2D eigenvalue weighted by Crippen LogP contribution is -2.32. The standard InChI is InChI=1S/C13H16BrNO/c1-9-5-6-12(14)11(7-9)13(16)15-8-10-3-2-4-10/h5-7,10H,2-4,8H2,1H3,(H,15,16). The molecule has 2 rings (SSSR count). The average molecular weight is 282 g/mol. The normalized spacial score (nSPS) is 15.6. The van der Waals surface area contributed by atoms with Gasteiger partial charge >= 0.3 is 0 Å². The fourth-order valence-corrected chi connectivity index (χ4v) is 2.27. The summed E-state index contributed by atoms with van der Waals surface area (Å²) in [6.07, 6.45) is 3.83. The number of benzene rings is 1. The minimum absolute atomic E-state index is 0.0301. The van der Waals surface area contributed by atoms with E-state index in [1.807, 2.05) is 25.1 Å². The van der Waals surface area contributed by atoms with Gasteiger partial charge in [-0.15, -0.1) is 0 Å². The van der Waals surface area contributed by atoms with Crippen LogP contribution in [0.25, 0.3) is 0 Å². The molecule has 0 spiro atoms. The highest BCUT2D eigenvalue weighted by Crippen LogP contribution is 2.25. The lowest BCUT2D eigenvalue weighted by Gasteiger charge is -2.25. The van der Waals surface area contributed by atoms with Crippen LogP contribution in [0.4, 0.5) is 0 Å². The van der Waals surface area contributed by atoms with Gasteiger partial charge in [-0.3, -0.25) is 4.79 Å². The Morgan fingerprint density at radius 2 is 2.25 bits per heavy atom. The zero-order valence-electron chi connectivity index (χ0n) is 9.42. The molecule has 0 aliphatic heterocycles. The number of aryl methyl sites for hydroxylation is 1. The molecule has 0 radical (unpaired) electrons.